The van der Waals surface area contributed by atoms with Gasteiger partial charge in [0.1, 0.15) is 6.33 Å². The van der Waals surface area contributed by atoms with E-state index < -0.39 is 0 Å². The van der Waals surface area contributed by atoms with Gasteiger partial charge in [0.05, 0.1) is 11.0 Å². The van der Waals surface area contributed by atoms with Crippen molar-refractivity contribution in [3.8, 4) is 12.0 Å². The van der Waals surface area contributed by atoms with E-state index in [-0.39, 0.29) is 0 Å². The molecule has 0 spiro atoms. The van der Waals surface area contributed by atoms with E-state index in [4.69, 9.17) is 0 Å². The highest BCUT2D eigenvalue weighted by Crippen LogP contribution is 2.12. The van der Waals surface area contributed by atoms with E-state index in [2.05, 4.69) is 32.9 Å². The number of benzene rings is 2. The largest absolute Gasteiger partial charge is 0.257 e. The summed E-state index contributed by atoms with van der Waals surface area (Å²) in [5.41, 5.74) is 2.96. The molecule has 0 N–H and O–H groups in total. The van der Waals surface area contributed by atoms with Crippen molar-refractivity contribution < 1.29 is 0 Å². The first-order valence-electron chi connectivity index (χ1n) is 5.52. The monoisotopic (exact) mass is 296 g/mol. The molecule has 0 amide bonds. The smallest absolute Gasteiger partial charge is 0.108 e. The maximum atomic E-state index is 4.30. The number of hydrogen-bond donors (Lipinski definition) is 0. The Hall–Kier alpha value is -2.05. The van der Waals surface area contributed by atoms with Gasteiger partial charge in [-0.1, -0.05) is 34.1 Å². The molecule has 0 radical (unpaired) electrons. The molecule has 1 aromatic heterocycles. The molecule has 0 saturated heterocycles. The van der Waals surface area contributed by atoms with E-state index in [1.54, 1.807) is 6.33 Å². The molecule has 3 rings (SSSR count). The van der Waals surface area contributed by atoms with Gasteiger partial charge in [-0.15, -0.1) is 0 Å². The van der Waals surface area contributed by atoms with Gasteiger partial charge in [-0.05, 0) is 36.3 Å². The average molecular weight is 297 g/mol. The number of halogens is 1. The Labute approximate surface area is 113 Å². The molecule has 0 saturated carbocycles. The van der Waals surface area contributed by atoms with Crippen molar-refractivity contribution in [2.24, 2.45) is 0 Å². The third-order valence-electron chi connectivity index (χ3n) is 2.60. The van der Waals surface area contributed by atoms with Crippen LogP contribution in [0.15, 0.2) is 59.3 Å². The Morgan fingerprint density at radius 1 is 1.06 bits per heavy atom. The standard InChI is InChI=1S/C15H9BrN2/c16-13-5-3-4-12(10-13)8-9-18-11-17-14-6-1-2-7-15(14)18/h1-7,10-11H. The van der Waals surface area contributed by atoms with Crippen LogP contribution in [-0.2, 0) is 0 Å². The Morgan fingerprint density at radius 3 is 2.83 bits per heavy atom. The molecule has 18 heavy (non-hydrogen) atoms. The minimum Gasteiger partial charge on any atom is -0.257 e. The third-order valence-corrected chi connectivity index (χ3v) is 3.09. The lowest BCUT2D eigenvalue weighted by Gasteiger charge is -1.93. The maximum absolute atomic E-state index is 4.30. The Morgan fingerprint density at radius 2 is 1.94 bits per heavy atom. The fourth-order valence-corrected chi connectivity index (χ4v) is 2.14. The van der Waals surface area contributed by atoms with Crippen LogP contribution in [0.4, 0.5) is 0 Å². The predicted molar refractivity (Wildman–Crippen MR) is 76.2 cm³/mol. The lowest BCUT2D eigenvalue weighted by atomic mass is 10.2. The molecule has 86 valence electrons. The summed E-state index contributed by atoms with van der Waals surface area (Å²) in [7, 11) is 0. The van der Waals surface area contributed by atoms with Crippen LogP contribution in [0.1, 0.15) is 5.56 Å². The van der Waals surface area contributed by atoms with Crippen molar-refractivity contribution in [3.63, 3.8) is 0 Å². The van der Waals surface area contributed by atoms with Crippen molar-refractivity contribution in [3.05, 3.63) is 64.9 Å². The minimum absolute atomic E-state index is 0.959. The lowest BCUT2D eigenvalue weighted by molar-refractivity contribution is 1.15. The van der Waals surface area contributed by atoms with Crippen molar-refractivity contribution in [2.75, 3.05) is 0 Å². The van der Waals surface area contributed by atoms with Gasteiger partial charge >= 0.3 is 0 Å². The van der Waals surface area contributed by atoms with Crippen LogP contribution in [0.2, 0.25) is 0 Å². The molecular formula is C15H9BrN2. The van der Waals surface area contributed by atoms with E-state index in [0.29, 0.717) is 0 Å². The molecular weight excluding hydrogens is 288 g/mol. The average Bonchev–Trinajstić information content (AvgIpc) is 2.80. The van der Waals surface area contributed by atoms with Crippen molar-refractivity contribution in [1.29, 1.82) is 0 Å². The quantitative estimate of drug-likeness (QED) is 0.579. The maximum Gasteiger partial charge on any atom is 0.108 e. The van der Waals surface area contributed by atoms with Crippen molar-refractivity contribution >= 4 is 27.0 Å². The van der Waals surface area contributed by atoms with E-state index in [9.17, 15) is 0 Å². The summed E-state index contributed by atoms with van der Waals surface area (Å²) in [6.07, 6.45) is 1.75. The fraction of sp³-hybridized carbons (Fsp3) is 0. The molecule has 0 aliphatic heterocycles. The molecule has 0 atom stereocenters. The molecule has 0 bridgehead atoms. The zero-order chi connectivity index (χ0) is 12.4. The summed E-state index contributed by atoms with van der Waals surface area (Å²) in [6.45, 7) is 0. The normalized spacial score (nSPS) is 10.1. The molecule has 3 aromatic rings. The number of rotatable bonds is 0. The zero-order valence-corrected chi connectivity index (χ0v) is 11.1. The van der Waals surface area contributed by atoms with Gasteiger partial charge in [0, 0.05) is 16.1 Å². The van der Waals surface area contributed by atoms with Gasteiger partial charge in [-0.25, -0.2) is 4.98 Å². The van der Waals surface area contributed by atoms with Gasteiger partial charge in [-0.2, -0.15) is 0 Å². The summed E-state index contributed by atoms with van der Waals surface area (Å²) in [5.74, 6) is 3.12. The third kappa shape index (κ3) is 2.15. The van der Waals surface area contributed by atoms with Gasteiger partial charge in [0.2, 0.25) is 0 Å². The molecule has 1 heterocycles. The van der Waals surface area contributed by atoms with Crippen LogP contribution in [0, 0.1) is 12.0 Å². The van der Waals surface area contributed by atoms with Crippen LogP contribution < -0.4 is 0 Å². The van der Waals surface area contributed by atoms with E-state index >= 15 is 0 Å². The highest BCUT2D eigenvalue weighted by molar-refractivity contribution is 9.10. The summed E-state index contributed by atoms with van der Waals surface area (Å²) in [5, 5.41) is 0. The molecule has 0 aliphatic rings. The Bertz CT molecular complexity index is 763. The SMILES string of the molecule is Brc1cccc(C#Cn2cnc3ccccc32)c1. The molecule has 2 aromatic carbocycles. The number of imidazole rings is 1. The minimum atomic E-state index is 0.959. The molecule has 3 heteroatoms. The van der Waals surface area contributed by atoms with Gasteiger partial charge in [-0.3, -0.25) is 4.57 Å². The topological polar surface area (TPSA) is 17.8 Å². The Balaban J connectivity index is 2.03. The lowest BCUT2D eigenvalue weighted by Crippen LogP contribution is -1.85. The van der Waals surface area contributed by atoms with E-state index in [1.807, 2.05) is 53.1 Å². The number of nitrogens with zero attached hydrogens (tertiary/aromatic N) is 2. The molecule has 0 unspecified atom stereocenters. The first-order valence-corrected chi connectivity index (χ1v) is 6.32. The summed E-state index contributed by atoms with van der Waals surface area (Å²) in [6, 6.07) is 19.0. The second-order valence-electron chi connectivity index (χ2n) is 3.85. The Kier molecular flexibility index (Phi) is 2.87. The summed E-state index contributed by atoms with van der Waals surface area (Å²) < 4.78 is 2.88. The second-order valence-corrected chi connectivity index (χ2v) is 4.77. The fourth-order valence-electron chi connectivity index (χ4n) is 1.74. The second kappa shape index (κ2) is 4.67. The highest BCUT2D eigenvalue weighted by atomic mass is 79.9. The zero-order valence-electron chi connectivity index (χ0n) is 9.47. The van der Waals surface area contributed by atoms with E-state index in [1.165, 1.54) is 0 Å². The van der Waals surface area contributed by atoms with Crippen LogP contribution >= 0.6 is 15.9 Å². The number of hydrogen-bond acceptors (Lipinski definition) is 1. The highest BCUT2D eigenvalue weighted by Gasteiger charge is 1.97. The number of aromatic nitrogens is 2. The predicted octanol–water partition coefficient (Wildman–Crippen LogP) is 3.66. The molecule has 0 fully saturated rings. The van der Waals surface area contributed by atoms with Gasteiger partial charge < -0.3 is 0 Å². The van der Waals surface area contributed by atoms with Crippen molar-refractivity contribution in [1.82, 2.24) is 9.55 Å². The summed E-state index contributed by atoms with van der Waals surface area (Å²) in [4.78, 5) is 4.30. The van der Waals surface area contributed by atoms with Crippen molar-refractivity contribution in [2.45, 2.75) is 0 Å². The van der Waals surface area contributed by atoms with E-state index in [0.717, 1.165) is 21.1 Å². The number of fused-ring (bicyclic) bond motifs is 1. The molecule has 2 nitrogen and oxygen atoms in total. The number of para-hydroxylation sites is 2. The first-order chi connectivity index (χ1) is 8.83. The van der Waals surface area contributed by atoms with Crippen LogP contribution in [0.3, 0.4) is 0 Å². The van der Waals surface area contributed by atoms with Crippen LogP contribution in [0.5, 0.6) is 0 Å². The summed E-state index contributed by atoms with van der Waals surface area (Å²) >= 11 is 3.43. The van der Waals surface area contributed by atoms with Crippen LogP contribution in [0.25, 0.3) is 11.0 Å². The van der Waals surface area contributed by atoms with Gasteiger partial charge in [0.15, 0.2) is 0 Å². The van der Waals surface area contributed by atoms with Crippen LogP contribution in [-0.4, -0.2) is 9.55 Å². The van der Waals surface area contributed by atoms with Gasteiger partial charge in [0.25, 0.3) is 0 Å². The molecule has 0 aliphatic carbocycles. The first kappa shape index (κ1) is 11.1.